The van der Waals surface area contributed by atoms with Gasteiger partial charge in [-0.05, 0) is 32.3 Å². The maximum absolute atomic E-state index is 5.52. The lowest BCUT2D eigenvalue weighted by atomic mass is 10.4. The molecule has 0 amide bonds. The van der Waals surface area contributed by atoms with Crippen molar-refractivity contribution in [2.24, 2.45) is 0 Å². The summed E-state index contributed by atoms with van der Waals surface area (Å²) in [5.74, 6) is 0.772. The summed E-state index contributed by atoms with van der Waals surface area (Å²) < 4.78 is 10.5. The monoisotopic (exact) mass is 313 g/mol. The van der Waals surface area contributed by atoms with Gasteiger partial charge in [0.2, 0.25) is 17.3 Å². The summed E-state index contributed by atoms with van der Waals surface area (Å²) in [6.45, 7) is 0. The first-order valence-electron chi connectivity index (χ1n) is 4.40. The van der Waals surface area contributed by atoms with Gasteiger partial charge in [0.25, 0.3) is 5.89 Å². The molecule has 0 atom stereocenters. The summed E-state index contributed by atoms with van der Waals surface area (Å²) in [6, 6.07) is 1.89. The number of nitrogens with zero attached hydrogens (tertiary/aromatic N) is 4. The van der Waals surface area contributed by atoms with Crippen molar-refractivity contribution < 1.29 is 9.15 Å². The van der Waals surface area contributed by atoms with E-state index in [1.54, 1.807) is 0 Å². The molecular weight excluding hydrogens is 310 g/mol. The zero-order chi connectivity index (χ0) is 11.8. The van der Waals surface area contributed by atoms with E-state index in [0.29, 0.717) is 5.82 Å². The number of nitrogen functional groups attached to an aromatic ring is 1. The van der Waals surface area contributed by atoms with Gasteiger partial charge >= 0.3 is 0 Å². The molecule has 0 aliphatic rings. The van der Waals surface area contributed by atoms with Crippen molar-refractivity contribution in [1.29, 1.82) is 0 Å². The molecule has 7 nitrogen and oxygen atoms in total. The zero-order valence-corrected chi connectivity index (χ0v) is 10.5. The lowest BCUT2D eigenvalue weighted by Crippen LogP contribution is -1.88. The lowest BCUT2D eigenvalue weighted by Gasteiger charge is -1.83. The van der Waals surface area contributed by atoms with Crippen molar-refractivity contribution in [3.8, 4) is 22.3 Å². The van der Waals surface area contributed by atoms with E-state index < -0.39 is 0 Å². The van der Waals surface area contributed by atoms with Crippen molar-refractivity contribution in [3.63, 3.8) is 0 Å². The van der Waals surface area contributed by atoms with E-state index in [-0.39, 0.29) is 17.4 Å². The number of halogens is 1. The molecule has 3 rings (SSSR count). The molecule has 0 saturated heterocycles. The van der Waals surface area contributed by atoms with E-state index in [9.17, 15) is 0 Å². The Morgan fingerprint density at radius 1 is 1.29 bits per heavy atom. The first-order chi connectivity index (χ1) is 8.24. The fourth-order valence-electron chi connectivity index (χ4n) is 1.19. The van der Waals surface area contributed by atoms with Gasteiger partial charge in [-0.25, -0.2) is 4.63 Å². The van der Waals surface area contributed by atoms with Crippen LogP contribution < -0.4 is 5.73 Å². The fraction of sp³-hybridized carbons (Fsp3) is 0. The van der Waals surface area contributed by atoms with Crippen LogP contribution >= 0.6 is 27.3 Å². The van der Waals surface area contributed by atoms with Gasteiger partial charge in [-0.15, -0.1) is 11.3 Å². The molecule has 0 fully saturated rings. The third kappa shape index (κ3) is 1.83. The Morgan fingerprint density at radius 3 is 2.82 bits per heavy atom. The molecule has 86 valence electrons. The molecular formula is C8H4BrN5O2S. The summed E-state index contributed by atoms with van der Waals surface area (Å²) in [6.07, 6.45) is 0. The minimum Gasteiger partial charge on any atom is -0.379 e. The molecule has 0 bridgehead atoms. The average molecular weight is 314 g/mol. The molecule has 3 heterocycles. The molecule has 0 aliphatic carbocycles. The highest BCUT2D eigenvalue weighted by Gasteiger charge is 2.18. The highest BCUT2D eigenvalue weighted by Crippen LogP contribution is 2.29. The number of rotatable bonds is 2. The van der Waals surface area contributed by atoms with Gasteiger partial charge in [0.05, 0.1) is 4.88 Å². The van der Waals surface area contributed by atoms with Crippen LogP contribution in [0, 0.1) is 0 Å². The molecule has 3 aromatic heterocycles. The smallest absolute Gasteiger partial charge is 0.284 e. The Morgan fingerprint density at radius 2 is 2.18 bits per heavy atom. The number of nitrogens with two attached hydrogens (primary N) is 1. The quantitative estimate of drug-likeness (QED) is 0.773. The zero-order valence-electron chi connectivity index (χ0n) is 8.12. The predicted octanol–water partition coefficient (Wildman–Crippen LogP) is 2.19. The second-order valence-electron chi connectivity index (χ2n) is 3.05. The third-order valence-electron chi connectivity index (χ3n) is 1.93. The number of hydrogen-bond donors (Lipinski definition) is 1. The molecule has 0 unspecified atom stereocenters. The van der Waals surface area contributed by atoms with Gasteiger partial charge in [0.1, 0.15) is 0 Å². The van der Waals surface area contributed by atoms with Gasteiger partial charge in [-0.3, -0.25) is 0 Å². The van der Waals surface area contributed by atoms with Crippen molar-refractivity contribution in [3.05, 3.63) is 15.9 Å². The van der Waals surface area contributed by atoms with Crippen molar-refractivity contribution >= 4 is 33.1 Å². The van der Waals surface area contributed by atoms with Gasteiger partial charge in [-0.2, -0.15) is 4.98 Å². The van der Waals surface area contributed by atoms with Gasteiger partial charge < -0.3 is 10.3 Å². The maximum Gasteiger partial charge on any atom is 0.284 e. The summed E-state index contributed by atoms with van der Waals surface area (Å²) in [4.78, 5) is 5.04. The van der Waals surface area contributed by atoms with Crippen LogP contribution in [-0.2, 0) is 0 Å². The molecule has 17 heavy (non-hydrogen) atoms. The Balaban J connectivity index is 2.01. The Bertz CT molecular complexity index is 660. The molecule has 0 aliphatic heterocycles. The number of thiophene rings is 1. The highest BCUT2D eigenvalue weighted by atomic mass is 79.9. The van der Waals surface area contributed by atoms with Crippen LogP contribution in [-0.4, -0.2) is 20.5 Å². The SMILES string of the molecule is Nc1nonc1-c1nc(-c2cc(Br)cs2)no1. The van der Waals surface area contributed by atoms with Crippen LogP contribution in [0.15, 0.2) is 25.1 Å². The summed E-state index contributed by atoms with van der Waals surface area (Å²) in [5, 5.41) is 12.8. The second-order valence-corrected chi connectivity index (χ2v) is 4.88. The second kappa shape index (κ2) is 3.93. The first kappa shape index (κ1) is 10.4. The standard InChI is InChI=1S/C8H4BrN5O2S/c9-3-1-4(17-2-3)7-11-8(15-14-7)5-6(10)13-16-12-5/h1-2H,(H2,10,13). The normalized spacial score (nSPS) is 10.9. The van der Waals surface area contributed by atoms with Crippen molar-refractivity contribution in [1.82, 2.24) is 20.5 Å². The minimum absolute atomic E-state index is 0.118. The number of hydrogen-bond acceptors (Lipinski definition) is 8. The van der Waals surface area contributed by atoms with E-state index in [0.717, 1.165) is 9.35 Å². The molecule has 0 saturated carbocycles. The molecule has 2 N–H and O–H groups in total. The molecule has 9 heteroatoms. The molecule has 0 aromatic carbocycles. The topological polar surface area (TPSA) is 104 Å². The third-order valence-corrected chi connectivity index (χ3v) is 3.62. The fourth-order valence-corrected chi connectivity index (χ4v) is 2.55. The molecule has 0 radical (unpaired) electrons. The summed E-state index contributed by atoms with van der Waals surface area (Å²) >= 11 is 4.85. The van der Waals surface area contributed by atoms with Crippen LogP contribution in [0.25, 0.3) is 22.3 Å². The Hall–Kier alpha value is -1.74. The summed E-state index contributed by atoms with van der Waals surface area (Å²) in [7, 11) is 0. The van der Waals surface area contributed by atoms with E-state index in [2.05, 4.69) is 41.0 Å². The maximum atomic E-state index is 5.52. The van der Waals surface area contributed by atoms with Crippen LogP contribution in [0.3, 0.4) is 0 Å². The van der Waals surface area contributed by atoms with Crippen molar-refractivity contribution in [2.75, 3.05) is 5.73 Å². The van der Waals surface area contributed by atoms with E-state index in [1.165, 1.54) is 11.3 Å². The first-order valence-corrected chi connectivity index (χ1v) is 6.08. The number of anilines is 1. The van der Waals surface area contributed by atoms with Gasteiger partial charge in [0, 0.05) is 9.85 Å². The van der Waals surface area contributed by atoms with E-state index in [4.69, 9.17) is 10.3 Å². The van der Waals surface area contributed by atoms with Crippen LogP contribution in [0.4, 0.5) is 5.82 Å². The van der Waals surface area contributed by atoms with E-state index in [1.807, 2.05) is 11.4 Å². The van der Waals surface area contributed by atoms with E-state index >= 15 is 0 Å². The Kier molecular flexibility index (Phi) is 2.41. The lowest BCUT2D eigenvalue weighted by molar-refractivity contribution is 0.308. The average Bonchev–Trinajstić information content (AvgIpc) is 2.97. The van der Waals surface area contributed by atoms with Gasteiger partial charge in [-0.1, -0.05) is 5.16 Å². The predicted molar refractivity (Wildman–Crippen MR) is 63.0 cm³/mol. The Labute approximate surface area is 107 Å². The summed E-state index contributed by atoms with van der Waals surface area (Å²) in [5.41, 5.74) is 5.77. The van der Waals surface area contributed by atoms with Crippen LogP contribution in [0.2, 0.25) is 0 Å². The van der Waals surface area contributed by atoms with Gasteiger partial charge in [0.15, 0.2) is 0 Å². The van der Waals surface area contributed by atoms with Crippen LogP contribution in [0.1, 0.15) is 0 Å². The van der Waals surface area contributed by atoms with Crippen LogP contribution in [0.5, 0.6) is 0 Å². The molecule has 0 spiro atoms. The molecule has 3 aromatic rings. The number of aromatic nitrogens is 4. The minimum atomic E-state index is 0.118. The largest absolute Gasteiger partial charge is 0.379 e. The highest BCUT2D eigenvalue weighted by molar-refractivity contribution is 9.10. The van der Waals surface area contributed by atoms with Crippen molar-refractivity contribution in [2.45, 2.75) is 0 Å².